The Labute approximate surface area is 116 Å². The monoisotopic (exact) mass is 274 g/mol. The highest BCUT2D eigenvalue weighted by Gasteiger charge is 2.40. The van der Waals surface area contributed by atoms with Gasteiger partial charge in [-0.2, -0.15) is 0 Å². The number of amides is 1. The molecule has 1 aromatic carbocycles. The Bertz CT molecular complexity index is 646. The zero-order valence-electron chi connectivity index (χ0n) is 11.3. The van der Waals surface area contributed by atoms with Crippen molar-refractivity contribution in [2.45, 2.75) is 32.2 Å². The molecule has 5 heteroatoms. The van der Waals surface area contributed by atoms with Gasteiger partial charge in [-0.05, 0) is 38.0 Å². The van der Waals surface area contributed by atoms with Gasteiger partial charge in [0.1, 0.15) is 17.1 Å². The van der Waals surface area contributed by atoms with Gasteiger partial charge in [0.15, 0.2) is 0 Å². The Morgan fingerprint density at radius 3 is 2.90 bits per heavy atom. The summed E-state index contributed by atoms with van der Waals surface area (Å²) >= 11 is 0. The van der Waals surface area contributed by atoms with Crippen molar-refractivity contribution in [1.29, 1.82) is 0 Å². The van der Waals surface area contributed by atoms with E-state index in [2.05, 4.69) is 10.5 Å². The van der Waals surface area contributed by atoms with Crippen LogP contribution >= 0.6 is 0 Å². The molecular formula is C15H15FN2O2. The van der Waals surface area contributed by atoms with E-state index in [-0.39, 0.29) is 23.7 Å². The van der Waals surface area contributed by atoms with Crippen LogP contribution in [0.3, 0.4) is 0 Å². The Morgan fingerprint density at radius 2 is 2.25 bits per heavy atom. The third-order valence-electron chi connectivity index (χ3n) is 3.64. The number of aromatic nitrogens is 1. The number of carbonyl (C=O) groups is 1. The van der Waals surface area contributed by atoms with Gasteiger partial charge in [-0.25, -0.2) is 4.39 Å². The van der Waals surface area contributed by atoms with Crippen LogP contribution in [0, 0.1) is 19.7 Å². The first-order valence-corrected chi connectivity index (χ1v) is 6.55. The molecule has 2 aromatic rings. The van der Waals surface area contributed by atoms with Gasteiger partial charge in [-0.1, -0.05) is 17.3 Å². The fraction of sp³-hybridized carbons (Fsp3) is 0.333. The van der Waals surface area contributed by atoms with Crippen molar-refractivity contribution in [2.75, 3.05) is 0 Å². The van der Waals surface area contributed by atoms with Crippen molar-refractivity contribution in [3.05, 3.63) is 52.7 Å². The maximum atomic E-state index is 13.2. The van der Waals surface area contributed by atoms with E-state index < -0.39 is 0 Å². The maximum Gasteiger partial charge on any atom is 0.257 e. The molecule has 104 valence electrons. The minimum absolute atomic E-state index is 0.0537. The van der Waals surface area contributed by atoms with Crippen LogP contribution in [0.2, 0.25) is 0 Å². The molecule has 2 atom stereocenters. The largest absolute Gasteiger partial charge is 0.361 e. The predicted octanol–water partition coefficient (Wildman–Crippen LogP) is 2.72. The summed E-state index contributed by atoms with van der Waals surface area (Å²) in [6.45, 7) is 3.45. The lowest BCUT2D eigenvalue weighted by Gasteiger charge is -2.04. The van der Waals surface area contributed by atoms with Crippen LogP contribution in [0.5, 0.6) is 0 Å². The first kappa shape index (κ1) is 12.8. The quantitative estimate of drug-likeness (QED) is 0.936. The van der Waals surface area contributed by atoms with E-state index in [1.807, 2.05) is 6.07 Å². The van der Waals surface area contributed by atoms with Gasteiger partial charge in [0.25, 0.3) is 5.91 Å². The van der Waals surface area contributed by atoms with Gasteiger partial charge in [0.2, 0.25) is 0 Å². The van der Waals surface area contributed by atoms with Crippen molar-refractivity contribution < 1.29 is 13.7 Å². The van der Waals surface area contributed by atoms with Crippen molar-refractivity contribution in [1.82, 2.24) is 10.5 Å². The van der Waals surface area contributed by atoms with Crippen LogP contribution in [0.25, 0.3) is 0 Å². The zero-order valence-corrected chi connectivity index (χ0v) is 11.3. The molecule has 1 saturated carbocycles. The van der Waals surface area contributed by atoms with E-state index in [0.29, 0.717) is 17.0 Å². The smallest absolute Gasteiger partial charge is 0.257 e. The number of hydrogen-bond donors (Lipinski definition) is 1. The number of carbonyl (C=O) groups excluding carboxylic acids is 1. The molecule has 0 radical (unpaired) electrons. The molecule has 0 spiro atoms. The number of aryl methyl sites for hydroxylation is 2. The fourth-order valence-corrected chi connectivity index (χ4v) is 2.51. The third-order valence-corrected chi connectivity index (χ3v) is 3.64. The average Bonchev–Trinajstić information content (AvgIpc) is 3.07. The standard InChI is InChI=1S/C15H15FN2O2/c1-8-14(9(2)20-18-8)15(19)17-13-7-12(13)10-4-3-5-11(16)6-10/h3-6,12-13H,7H2,1-2H3,(H,17,19). The summed E-state index contributed by atoms with van der Waals surface area (Å²) in [5.74, 6) is 0.286. The van der Waals surface area contributed by atoms with Gasteiger partial charge in [-0.15, -0.1) is 0 Å². The maximum absolute atomic E-state index is 13.2. The highest BCUT2D eigenvalue weighted by Crippen LogP contribution is 2.41. The third kappa shape index (κ3) is 2.31. The van der Waals surface area contributed by atoms with Gasteiger partial charge in [0, 0.05) is 12.0 Å². The summed E-state index contributed by atoms with van der Waals surface area (Å²) in [5, 5.41) is 6.71. The topological polar surface area (TPSA) is 55.1 Å². The van der Waals surface area contributed by atoms with Gasteiger partial charge in [-0.3, -0.25) is 4.79 Å². The number of benzene rings is 1. The van der Waals surface area contributed by atoms with Crippen molar-refractivity contribution >= 4 is 5.91 Å². The van der Waals surface area contributed by atoms with E-state index in [1.165, 1.54) is 12.1 Å². The molecule has 0 aliphatic heterocycles. The number of nitrogens with zero attached hydrogens (tertiary/aromatic N) is 1. The molecule has 1 aliphatic carbocycles. The van der Waals surface area contributed by atoms with Crippen molar-refractivity contribution in [3.63, 3.8) is 0 Å². The lowest BCUT2D eigenvalue weighted by molar-refractivity contribution is 0.0948. The minimum Gasteiger partial charge on any atom is -0.361 e. The Morgan fingerprint density at radius 1 is 1.45 bits per heavy atom. The lowest BCUT2D eigenvalue weighted by atomic mass is 10.1. The first-order valence-electron chi connectivity index (χ1n) is 6.55. The van der Waals surface area contributed by atoms with Crippen LogP contribution in [0.15, 0.2) is 28.8 Å². The van der Waals surface area contributed by atoms with E-state index in [4.69, 9.17) is 4.52 Å². The summed E-state index contributed by atoms with van der Waals surface area (Å²) in [6.07, 6.45) is 0.832. The van der Waals surface area contributed by atoms with Crippen LogP contribution in [0.4, 0.5) is 4.39 Å². The molecule has 1 heterocycles. The summed E-state index contributed by atoms with van der Waals surface area (Å²) in [7, 11) is 0. The number of rotatable bonds is 3. The fourth-order valence-electron chi connectivity index (χ4n) is 2.51. The van der Waals surface area contributed by atoms with Gasteiger partial charge in [0.05, 0.1) is 5.69 Å². The van der Waals surface area contributed by atoms with Crippen molar-refractivity contribution in [3.8, 4) is 0 Å². The van der Waals surface area contributed by atoms with Crippen LogP contribution in [0.1, 0.15) is 39.7 Å². The molecule has 3 rings (SSSR count). The molecule has 1 aromatic heterocycles. The molecular weight excluding hydrogens is 259 g/mol. The van der Waals surface area contributed by atoms with Crippen LogP contribution < -0.4 is 5.32 Å². The normalized spacial score (nSPS) is 20.8. The summed E-state index contributed by atoms with van der Waals surface area (Å²) in [6, 6.07) is 6.57. The molecule has 4 nitrogen and oxygen atoms in total. The highest BCUT2D eigenvalue weighted by atomic mass is 19.1. The molecule has 1 aliphatic rings. The van der Waals surface area contributed by atoms with E-state index in [9.17, 15) is 9.18 Å². The number of nitrogens with one attached hydrogen (secondary N) is 1. The second kappa shape index (κ2) is 4.74. The minimum atomic E-state index is -0.245. The lowest BCUT2D eigenvalue weighted by Crippen LogP contribution is -2.27. The predicted molar refractivity (Wildman–Crippen MR) is 71.0 cm³/mol. The van der Waals surface area contributed by atoms with E-state index >= 15 is 0 Å². The van der Waals surface area contributed by atoms with Crippen LogP contribution in [-0.4, -0.2) is 17.1 Å². The molecule has 2 unspecified atom stereocenters. The van der Waals surface area contributed by atoms with Gasteiger partial charge >= 0.3 is 0 Å². The SMILES string of the molecule is Cc1noc(C)c1C(=O)NC1CC1c1cccc(F)c1. The van der Waals surface area contributed by atoms with Crippen LogP contribution in [-0.2, 0) is 0 Å². The second-order valence-electron chi connectivity index (χ2n) is 5.18. The van der Waals surface area contributed by atoms with Gasteiger partial charge < -0.3 is 9.84 Å². The Balaban J connectivity index is 1.68. The summed E-state index contributed by atoms with van der Waals surface area (Å²) in [5.41, 5.74) is 2.01. The molecule has 1 fully saturated rings. The summed E-state index contributed by atoms with van der Waals surface area (Å²) < 4.78 is 18.2. The highest BCUT2D eigenvalue weighted by molar-refractivity contribution is 5.96. The van der Waals surface area contributed by atoms with E-state index in [1.54, 1.807) is 19.9 Å². The Hall–Kier alpha value is -2.17. The molecule has 0 bridgehead atoms. The average molecular weight is 274 g/mol. The number of halogens is 1. The molecule has 1 N–H and O–H groups in total. The molecule has 20 heavy (non-hydrogen) atoms. The Kier molecular flexibility index (Phi) is 3.04. The zero-order chi connectivity index (χ0) is 14.3. The molecule has 1 amide bonds. The molecule has 0 saturated heterocycles. The second-order valence-corrected chi connectivity index (χ2v) is 5.18. The summed E-state index contributed by atoms with van der Waals surface area (Å²) in [4.78, 5) is 12.2. The first-order chi connectivity index (χ1) is 9.56. The van der Waals surface area contributed by atoms with E-state index in [0.717, 1.165) is 12.0 Å². The van der Waals surface area contributed by atoms with Crippen molar-refractivity contribution in [2.24, 2.45) is 0 Å². The number of hydrogen-bond acceptors (Lipinski definition) is 3.